The highest BCUT2D eigenvalue weighted by molar-refractivity contribution is 5.77. The predicted molar refractivity (Wildman–Crippen MR) is 85.6 cm³/mol. The zero-order valence-electron chi connectivity index (χ0n) is 13.2. The van der Waals surface area contributed by atoms with E-state index in [2.05, 4.69) is 20.8 Å². The van der Waals surface area contributed by atoms with Crippen molar-refractivity contribution in [2.24, 2.45) is 11.7 Å². The predicted octanol–water partition coefficient (Wildman–Crippen LogP) is 1.36. The van der Waals surface area contributed by atoms with Gasteiger partial charge in [-0.2, -0.15) is 4.68 Å². The van der Waals surface area contributed by atoms with Crippen LogP contribution >= 0.6 is 0 Å². The van der Waals surface area contributed by atoms with Crippen molar-refractivity contribution < 1.29 is 4.79 Å². The SMILES string of the molecule is C[C@H](N[C@H]1CCCC[C@@H]1C(N)=O)c1nnnn1-c1ccccc1. The number of para-hydroxylation sites is 1. The maximum absolute atomic E-state index is 11.7. The quantitative estimate of drug-likeness (QED) is 0.868. The third kappa shape index (κ3) is 3.39. The van der Waals surface area contributed by atoms with Crippen LogP contribution in [0.4, 0.5) is 0 Å². The van der Waals surface area contributed by atoms with Crippen molar-refractivity contribution >= 4 is 5.91 Å². The molecule has 0 spiro atoms. The number of hydrogen-bond donors (Lipinski definition) is 2. The van der Waals surface area contributed by atoms with E-state index < -0.39 is 0 Å². The molecule has 1 aliphatic rings. The van der Waals surface area contributed by atoms with Crippen LogP contribution in [0.25, 0.3) is 5.69 Å². The fourth-order valence-electron chi connectivity index (χ4n) is 3.28. The molecule has 1 heterocycles. The third-order valence-electron chi connectivity index (χ3n) is 4.48. The topological polar surface area (TPSA) is 98.7 Å². The number of aromatic nitrogens is 4. The molecule has 3 rings (SSSR count). The van der Waals surface area contributed by atoms with Gasteiger partial charge in [-0.1, -0.05) is 31.0 Å². The third-order valence-corrected chi connectivity index (χ3v) is 4.48. The average Bonchev–Trinajstić information content (AvgIpc) is 3.05. The van der Waals surface area contributed by atoms with E-state index in [1.807, 2.05) is 37.3 Å². The lowest BCUT2D eigenvalue weighted by Gasteiger charge is -2.32. The number of benzene rings is 1. The Balaban J connectivity index is 1.77. The minimum atomic E-state index is -0.225. The molecule has 23 heavy (non-hydrogen) atoms. The molecule has 1 aromatic heterocycles. The lowest BCUT2D eigenvalue weighted by Crippen LogP contribution is -2.45. The van der Waals surface area contributed by atoms with Crippen molar-refractivity contribution in [2.45, 2.75) is 44.7 Å². The fourth-order valence-corrected chi connectivity index (χ4v) is 3.28. The van der Waals surface area contributed by atoms with Gasteiger partial charge in [0.15, 0.2) is 5.82 Å². The molecule has 1 amide bonds. The van der Waals surface area contributed by atoms with E-state index in [1.165, 1.54) is 0 Å². The van der Waals surface area contributed by atoms with Gasteiger partial charge in [-0.05, 0) is 42.3 Å². The summed E-state index contributed by atoms with van der Waals surface area (Å²) in [6, 6.07) is 9.77. The van der Waals surface area contributed by atoms with Crippen LogP contribution in [0.3, 0.4) is 0 Å². The van der Waals surface area contributed by atoms with E-state index in [0.29, 0.717) is 0 Å². The van der Waals surface area contributed by atoms with Gasteiger partial charge in [-0.3, -0.25) is 4.79 Å². The maximum atomic E-state index is 11.7. The van der Waals surface area contributed by atoms with Crippen molar-refractivity contribution in [3.05, 3.63) is 36.2 Å². The fraction of sp³-hybridized carbons (Fsp3) is 0.500. The smallest absolute Gasteiger partial charge is 0.222 e. The molecule has 0 unspecified atom stereocenters. The second-order valence-electron chi connectivity index (χ2n) is 6.07. The van der Waals surface area contributed by atoms with Gasteiger partial charge in [-0.25, -0.2) is 0 Å². The van der Waals surface area contributed by atoms with Gasteiger partial charge in [0.05, 0.1) is 17.6 Å². The van der Waals surface area contributed by atoms with Gasteiger partial charge in [-0.15, -0.1) is 5.10 Å². The number of rotatable bonds is 5. The molecule has 7 heteroatoms. The number of primary amides is 1. The van der Waals surface area contributed by atoms with Gasteiger partial charge in [0.1, 0.15) is 0 Å². The zero-order valence-corrected chi connectivity index (χ0v) is 13.2. The molecular weight excluding hydrogens is 292 g/mol. The molecule has 7 nitrogen and oxygen atoms in total. The first kappa shape index (κ1) is 15.6. The average molecular weight is 314 g/mol. The van der Waals surface area contributed by atoms with E-state index in [-0.39, 0.29) is 23.9 Å². The lowest BCUT2D eigenvalue weighted by molar-refractivity contribution is -0.123. The Morgan fingerprint density at radius 3 is 2.78 bits per heavy atom. The number of amides is 1. The first-order valence-corrected chi connectivity index (χ1v) is 8.06. The van der Waals surface area contributed by atoms with Crippen molar-refractivity contribution in [3.63, 3.8) is 0 Å². The first-order chi connectivity index (χ1) is 11.2. The van der Waals surface area contributed by atoms with Gasteiger partial charge in [0.2, 0.25) is 5.91 Å². The summed E-state index contributed by atoms with van der Waals surface area (Å²) in [5.41, 5.74) is 6.46. The summed E-state index contributed by atoms with van der Waals surface area (Å²) >= 11 is 0. The maximum Gasteiger partial charge on any atom is 0.222 e. The second kappa shape index (κ2) is 6.87. The van der Waals surface area contributed by atoms with E-state index in [9.17, 15) is 4.79 Å². The van der Waals surface area contributed by atoms with E-state index in [1.54, 1.807) is 4.68 Å². The molecule has 1 saturated carbocycles. The minimum absolute atomic E-state index is 0.0739. The van der Waals surface area contributed by atoms with Crippen LogP contribution in [0.2, 0.25) is 0 Å². The van der Waals surface area contributed by atoms with Crippen molar-refractivity contribution in [1.29, 1.82) is 0 Å². The summed E-state index contributed by atoms with van der Waals surface area (Å²) < 4.78 is 1.72. The highest BCUT2D eigenvalue weighted by atomic mass is 16.1. The van der Waals surface area contributed by atoms with Gasteiger partial charge < -0.3 is 11.1 Å². The number of nitrogens with one attached hydrogen (secondary N) is 1. The molecule has 0 bridgehead atoms. The molecule has 1 fully saturated rings. The molecule has 122 valence electrons. The molecule has 2 aromatic rings. The Labute approximate surface area is 135 Å². The summed E-state index contributed by atoms with van der Waals surface area (Å²) in [5, 5.41) is 15.5. The van der Waals surface area contributed by atoms with Crippen molar-refractivity contribution in [2.75, 3.05) is 0 Å². The normalized spacial score (nSPS) is 22.7. The molecular formula is C16H22N6O. The van der Waals surface area contributed by atoms with E-state index in [0.717, 1.165) is 37.2 Å². The summed E-state index contributed by atoms with van der Waals surface area (Å²) in [4.78, 5) is 11.7. The monoisotopic (exact) mass is 314 g/mol. The van der Waals surface area contributed by atoms with Crippen LogP contribution < -0.4 is 11.1 Å². The number of tetrazole rings is 1. The number of carbonyl (C=O) groups excluding carboxylic acids is 1. The summed E-state index contributed by atoms with van der Waals surface area (Å²) in [7, 11) is 0. The van der Waals surface area contributed by atoms with Crippen molar-refractivity contribution in [1.82, 2.24) is 25.5 Å². The van der Waals surface area contributed by atoms with Gasteiger partial charge in [0.25, 0.3) is 0 Å². The highest BCUT2D eigenvalue weighted by Crippen LogP contribution is 2.26. The summed E-state index contributed by atoms with van der Waals surface area (Å²) in [5.74, 6) is 0.384. The first-order valence-electron chi connectivity index (χ1n) is 8.06. The number of hydrogen-bond acceptors (Lipinski definition) is 5. The van der Waals surface area contributed by atoms with Crippen LogP contribution in [0.1, 0.15) is 44.5 Å². The van der Waals surface area contributed by atoms with E-state index in [4.69, 9.17) is 5.73 Å². The van der Waals surface area contributed by atoms with Crippen LogP contribution in [-0.4, -0.2) is 32.2 Å². The van der Waals surface area contributed by atoms with Gasteiger partial charge in [0, 0.05) is 6.04 Å². The van der Waals surface area contributed by atoms with Crippen LogP contribution in [0, 0.1) is 5.92 Å². The van der Waals surface area contributed by atoms with Crippen molar-refractivity contribution in [3.8, 4) is 5.69 Å². The Hall–Kier alpha value is -2.28. The Morgan fingerprint density at radius 1 is 1.30 bits per heavy atom. The Kier molecular flexibility index (Phi) is 4.66. The Morgan fingerprint density at radius 2 is 2.04 bits per heavy atom. The minimum Gasteiger partial charge on any atom is -0.369 e. The highest BCUT2D eigenvalue weighted by Gasteiger charge is 2.31. The molecule has 1 aromatic carbocycles. The number of carbonyl (C=O) groups is 1. The van der Waals surface area contributed by atoms with Crippen LogP contribution in [0.5, 0.6) is 0 Å². The van der Waals surface area contributed by atoms with E-state index >= 15 is 0 Å². The Bertz CT molecular complexity index is 656. The van der Waals surface area contributed by atoms with Gasteiger partial charge >= 0.3 is 0 Å². The second-order valence-corrected chi connectivity index (χ2v) is 6.07. The molecule has 0 radical (unpaired) electrons. The molecule has 3 atom stereocenters. The summed E-state index contributed by atoms with van der Waals surface area (Å²) in [6.45, 7) is 2.01. The number of nitrogens with zero attached hydrogens (tertiary/aromatic N) is 4. The largest absolute Gasteiger partial charge is 0.369 e. The standard InChI is InChI=1S/C16H22N6O/c1-11(18-14-10-6-5-9-13(14)15(17)23)16-19-20-21-22(16)12-7-3-2-4-8-12/h2-4,7-8,11,13-14,18H,5-6,9-10H2,1H3,(H2,17,23)/t11-,13-,14-/m0/s1. The zero-order chi connectivity index (χ0) is 16.2. The van der Waals surface area contributed by atoms with Crippen LogP contribution in [0.15, 0.2) is 30.3 Å². The lowest BCUT2D eigenvalue weighted by atomic mass is 9.83. The molecule has 1 aliphatic carbocycles. The van der Waals surface area contributed by atoms with Crippen LogP contribution in [-0.2, 0) is 4.79 Å². The molecule has 0 aliphatic heterocycles. The summed E-state index contributed by atoms with van der Waals surface area (Å²) in [6.07, 6.45) is 3.97. The molecule has 0 saturated heterocycles. The molecule has 3 N–H and O–H groups in total. The number of nitrogens with two attached hydrogens (primary N) is 1.